The molecular weight excluding hydrogens is 585 g/mol. The van der Waals surface area contributed by atoms with Crippen LogP contribution < -0.4 is 10.4 Å². The number of aliphatic hydroxyl groups is 2. The van der Waals surface area contributed by atoms with Crippen LogP contribution in [0.1, 0.15) is 55.1 Å². The van der Waals surface area contributed by atoms with E-state index in [9.17, 15) is 24.9 Å². The molecule has 0 saturated heterocycles. The van der Waals surface area contributed by atoms with E-state index in [1.165, 1.54) is 51.9 Å². The van der Waals surface area contributed by atoms with Gasteiger partial charge in [-0.25, -0.2) is 0 Å². The van der Waals surface area contributed by atoms with Crippen LogP contribution in [0.3, 0.4) is 0 Å². The molecule has 9 heteroatoms. The third-order valence-corrected chi connectivity index (χ3v) is 6.85. The monoisotopic (exact) mass is 619 g/mol. The van der Waals surface area contributed by atoms with Crippen molar-refractivity contribution in [3.63, 3.8) is 0 Å². The van der Waals surface area contributed by atoms with Gasteiger partial charge in [-0.2, -0.15) is 0 Å². The fraction of sp³-hybridized carbons (Fsp3) is 0.273. The maximum atomic E-state index is 14.0. The molecule has 0 aliphatic carbocycles. The summed E-state index contributed by atoms with van der Waals surface area (Å²) in [4.78, 5) is 24.9. The van der Waals surface area contributed by atoms with Crippen LogP contribution in [0.5, 0.6) is 0 Å². The number of nitrogens with zero attached hydrogens (tertiary/aromatic N) is 1. The van der Waals surface area contributed by atoms with Crippen LogP contribution in [0, 0.1) is 0 Å². The Hall–Kier alpha value is -1.68. The molecule has 1 heterocycles. The van der Waals surface area contributed by atoms with Crippen LogP contribution in [0.15, 0.2) is 91.0 Å². The van der Waals surface area contributed by atoms with E-state index in [1.54, 1.807) is 0 Å². The fourth-order valence-corrected chi connectivity index (χ4v) is 5.18. The zero-order chi connectivity index (χ0) is 30.6. The van der Waals surface area contributed by atoms with Gasteiger partial charge < -0.3 is 30.0 Å². The molecule has 7 nitrogen and oxygen atoms in total. The molecule has 0 saturated carbocycles. The Kier molecular flexibility index (Phi) is 14.6. The predicted octanol–water partition coefficient (Wildman–Crippen LogP) is 4.08. The van der Waals surface area contributed by atoms with Gasteiger partial charge in [-0.1, -0.05) is 92.7 Å². The number of aliphatic hydroxyl groups excluding tert-OH is 2. The second kappa shape index (κ2) is 17.6. The number of anilines is 1. The predicted molar refractivity (Wildman–Crippen MR) is 166 cm³/mol. The summed E-state index contributed by atoms with van der Waals surface area (Å²) in [6.45, 7) is 4.43. The molecule has 1 radical (unpaired) electrons. The number of carbonyl (C=O) groups is 2. The van der Waals surface area contributed by atoms with Crippen LogP contribution in [-0.2, 0) is 11.3 Å². The van der Waals surface area contributed by atoms with Gasteiger partial charge in [0, 0.05) is 35.9 Å². The molecule has 4 rings (SSSR count). The van der Waals surface area contributed by atoms with Gasteiger partial charge in [0.1, 0.15) is 0 Å². The molecule has 4 aromatic rings. The molecule has 0 aliphatic heterocycles. The van der Waals surface area contributed by atoms with Crippen molar-refractivity contribution in [2.75, 3.05) is 5.32 Å². The Morgan fingerprint density at radius 1 is 0.857 bits per heavy atom. The number of aromatic nitrogens is 1. The summed E-state index contributed by atoms with van der Waals surface area (Å²) in [5, 5.41) is 34.7. The normalized spacial score (nSPS) is 12.2. The SMILES string of the molecule is CC(C)c1c(C(=O)Nc2ccccc2)c(-c2ccccc2)c(-c2ccccc2)n1CCC(O)CC(O)CC(=O)[O-].[Ca][Ca+]. The molecule has 3 aromatic carbocycles. The van der Waals surface area contributed by atoms with Crippen molar-refractivity contribution in [2.24, 2.45) is 0 Å². The van der Waals surface area contributed by atoms with Crippen molar-refractivity contribution in [1.82, 2.24) is 4.57 Å². The van der Waals surface area contributed by atoms with Crippen LogP contribution in [0.25, 0.3) is 22.4 Å². The van der Waals surface area contributed by atoms with E-state index in [-0.39, 0.29) is 24.7 Å². The Morgan fingerprint density at radius 3 is 1.90 bits per heavy atom. The first-order valence-corrected chi connectivity index (χ1v) is 22.1. The van der Waals surface area contributed by atoms with Gasteiger partial charge in [0.2, 0.25) is 0 Å². The van der Waals surface area contributed by atoms with Crippen LogP contribution in [0.4, 0.5) is 5.69 Å². The summed E-state index contributed by atoms with van der Waals surface area (Å²) in [6.07, 6.45) is -2.50. The molecule has 2 atom stereocenters. The molecule has 1 amide bonds. The Labute approximate surface area is 283 Å². The van der Waals surface area contributed by atoms with Crippen molar-refractivity contribution >= 4 is 69.5 Å². The van der Waals surface area contributed by atoms with Crippen molar-refractivity contribution in [2.45, 2.75) is 57.8 Å². The second-order valence-electron chi connectivity index (χ2n) is 10.3. The van der Waals surface area contributed by atoms with Crippen LogP contribution in [-0.4, -0.2) is 90.8 Å². The quantitative estimate of drug-likeness (QED) is 0.207. The molecule has 211 valence electrons. The maximum absolute atomic E-state index is 14.0. The molecule has 0 aliphatic rings. The molecule has 1 aromatic heterocycles. The number of hydrogen-bond donors (Lipinski definition) is 3. The van der Waals surface area contributed by atoms with Gasteiger partial charge in [0.15, 0.2) is 0 Å². The number of nitrogens with one attached hydrogen (secondary N) is 1. The first-order chi connectivity index (χ1) is 20.3. The third-order valence-electron chi connectivity index (χ3n) is 6.85. The standard InChI is InChI=1S/C33H36N2O5.2Ca/c1-22(2)31-30(33(40)34-25-16-10-5-11-17-25)29(23-12-6-3-7-13-23)32(24-14-8-4-9-15-24)35(31)19-18-26(36)20-27(37)21-28(38)39;;/h3-17,22,26-27,36-37H,18-21H2,1-2H3,(H,34,40)(H,38,39);;/q;;+1/p-1. The van der Waals surface area contributed by atoms with Gasteiger partial charge in [-0.15, -0.1) is 0 Å². The zero-order valence-electron chi connectivity index (χ0n) is 24.2. The topological polar surface area (TPSA) is 115 Å². The number of carboxylic acids is 1. The number of amides is 1. The Bertz CT molecular complexity index is 1430. The summed E-state index contributed by atoms with van der Waals surface area (Å²) >= 11 is 3.00. The summed E-state index contributed by atoms with van der Waals surface area (Å²) in [5.41, 5.74) is 5.56. The molecule has 0 spiro atoms. The van der Waals surface area contributed by atoms with E-state index >= 15 is 0 Å². The average Bonchev–Trinajstić information content (AvgIpc) is 3.34. The van der Waals surface area contributed by atoms with Gasteiger partial charge in [0.25, 0.3) is 5.91 Å². The number of aliphatic carboxylic acids is 1. The van der Waals surface area contributed by atoms with Crippen molar-refractivity contribution in [3.8, 4) is 22.4 Å². The van der Waals surface area contributed by atoms with Crippen molar-refractivity contribution in [3.05, 3.63) is 102 Å². The number of carbonyl (C=O) groups excluding carboxylic acids is 2. The first kappa shape index (κ1) is 34.8. The van der Waals surface area contributed by atoms with Gasteiger partial charge in [0.05, 0.1) is 23.5 Å². The molecular formula is C33H35Ca2N2O5. The second-order valence-corrected chi connectivity index (χ2v) is 10.3. The minimum atomic E-state index is -1.36. The van der Waals surface area contributed by atoms with E-state index in [1.807, 2.05) is 105 Å². The van der Waals surface area contributed by atoms with Crippen LogP contribution in [0.2, 0.25) is 0 Å². The Balaban J connectivity index is 0.00000237. The molecule has 42 heavy (non-hydrogen) atoms. The first-order valence-electron chi connectivity index (χ1n) is 14.1. The van der Waals surface area contributed by atoms with E-state index < -0.39 is 24.6 Å². The number of benzene rings is 3. The number of para-hydroxylation sites is 1. The molecule has 2 unspecified atom stereocenters. The molecule has 0 fully saturated rings. The van der Waals surface area contributed by atoms with E-state index in [0.29, 0.717) is 17.8 Å². The fourth-order valence-electron chi connectivity index (χ4n) is 5.18. The average molecular weight is 620 g/mol. The number of rotatable bonds is 12. The molecule has 3 N–H and O–H groups in total. The zero-order valence-corrected chi connectivity index (χ0v) is 28.6. The van der Waals surface area contributed by atoms with E-state index in [2.05, 4.69) is 9.88 Å². The van der Waals surface area contributed by atoms with Crippen LogP contribution >= 0.6 is 0 Å². The van der Waals surface area contributed by atoms with E-state index in [4.69, 9.17) is 0 Å². The summed E-state index contributed by atoms with van der Waals surface area (Å²) in [5.74, 6) is -1.63. The van der Waals surface area contributed by atoms with E-state index in [0.717, 1.165) is 28.1 Å². The van der Waals surface area contributed by atoms with Gasteiger partial charge >= 0.3 is 51.9 Å². The number of hydrogen-bond acceptors (Lipinski definition) is 5. The Morgan fingerprint density at radius 2 is 1.38 bits per heavy atom. The summed E-state index contributed by atoms with van der Waals surface area (Å²) < 4.78 is 2.09. The van der Waals surface area contributed by atoms with Crippen molar-refractivity contribution in [1.29, 1.82) is 0 Å². The van der Waals surface area contributed by atoms with Gasteiger partial charge in [-0.3, -0.25) is 4.79 Å². The summed E-state index contributed by atoms with van der Waals surface area (Å²) in [6, 6.07) is 29.0. The van der Waals surface area contributed by atoms with Gasteiger partial charge in [-0.05, 0) is 42.0 Å². The van der Waals surface area contributed by atoms with Crippen molar-refractivity contribution < 1.29 is 24.9 Å². The third kappa shape index (κ3) is 9.41. The molecule has 0 bridgehead atoms. The summed E-state index contributed by atoms with van der Waals surface area (Å²) in [7, 11) is 0. The minimum absolute atomic E-state index is 0.0442. The number of carboxylic acid groups (broad SMARTS) is 1.